The molecule has 7 nitrogen and oxygen atoms in total. The molecule has 0 spiro atoms. The molecule has 0 heterocycles. The number of hydrogen-bond donors (Lipinski definition) is 2. The highest BCUT2D eigenvalue weighted by Gasteiger charge is 2.62. The minimum Gasteiger partial charge on any atom is -0.493 e. The second-order valence-corrected chi connectivity index (χ2v) is 6.31. The fraction of sp³-hybridized carbons (Fsp3) is 0.300. The molecular weight excluding hydrogens is 350 g/mol. The Bertz CT molecular complexity index is 841. The zero-order valence-electron chi connectivity index (χ0n) is 15.3. The van der Waals surface area contributed by atoms with Gasteiger partial charge in [0.15, 0.2) is 11.5 Å². The van der Waals surface area contributed by atoms with Crippen molar-refractivity contribution < 1.29 is 28.9 Å². The van der Waals surface area contributed by atoms with Crippen molar-refractivity contribution in [2.45, 2.75) is 17.9 Å². The lowest BCUT2D eigenvalue weighted by atomic mass is 10.1. The normalized spacial score (nSPS) is 20.5. The predicted octanol–water partition coefficient (Wildman–Crippen LogP) is 2.45. The average molecular weight is 371 g/mol. The molecule has 0 saturated heterocycles. The summed E-state index contributed by atoms with van der Waals surface area (Å²) in [5.74, 6) is -0.851. The van der Waals surface area contributed by atoms with Crippen molar-refractivity contribution in [1.82, 2.24) is 5.32 Å². The van der Waals surface area contributed by atoms with Gasteiger partial charge in [-0.2, -0.15) is 0 Å². The lowest BCUT2D eigenvalue weighted by Gasteiger charge is -2.17. The number of benzene rings is 2. The van der Waals surface area contributed by atoms with Gasteiger partial charge in [-0.05, 0) is 24.1 Å². The minimum atomic E-state index is -1.32. The number of methoxy groups -OCH3 is 3. The molecule has 2 aromatic carbocycles. The van der Waals surface area contributed by atoms with Gasteiger partial charge >= 0.3 is 5.97 Å². The molecule has 0 radical (unpaired) electrons. The number of carboxylic acid groups (broad SMARTS) is 1. The molecule has 3 rings (SSSR count). The molecule has 1 aliphatic rings. The zero-order valence-corrected chi connectivity index (χ0v) is 15.3. The van der Waals surface area contributed by atoms with Crippen LogP contribution in [0.25, 0.3) is 0 Å². The van der Waals surface area contributed by atoms with Crippen LogP contribution in [0, 0.1) is 0 Å². The van der Waals surface area contributed by atoms with Gasteiger partial charge in [0.05, 0.1) is 21.3 Å². The molecule has 2 aromatic rings. The third kappa shape index (κ3) is 3.28. The Kier molecular flexibility index (Phi) is 4.94. The van der Waals surface area contributed by atoms with Crippen LogP contribution in [0.5, 0.6) is 17.2 Å². The molecule has 1 saturated carbocycles. The first kappa shape index (κ1) is 18.6. The van der Waals surface area contributed by atoms with Gasteiger partial charge in [0.1, 0.15) is 5.54 Å². The average Bonchev–Trinajstić information content (AvgIpc) is 3.42. The quantitative estimate of drug-likeness (QED) is 0.776. The summed E-state index contributed by atoms with van der Waals surface area (Å²) in [6.07, 6.45) is 0.336. The molecule has 2 N–H and O–H groups in total. The smallest absolute Gasteiger partial charge is 0.330 e. The van der Waals surface area contributed by atoms with E-state index in [2.05, 4.69) is 5.32 Å². The molecule has 2 unspecified atom stereocenters. The Morgan fingerprint density at radius 3 is 2.11 bits per heavy atom. The van der Waals surface area contributed by atoms with Crippen LogP contribution in [0.15, 0.2) is 42.5 Å². The Morgan fingerprint density at radius 2 is 1.63 bits per heavy atom. The van der Waals surface area contributed by atoms with Crippen LogP contribution < -0.4 is 19.5 Å². The largest absolute Gasteiger partial charge is 0.493 e. The van der Waals surface area contributed by atoms with Gasteiger partial charge < -0.3 is 24.6 Å². The first-order chi connectivity index (χ1) is 13.0. The lowest BCUT2D eigenvalue weighted by Crippen LogP contribution is -2.44. The fourth-order valence-corrected chi connectivity index (χ4v) is 3.27. The Labute approximate surface area is 156 Å². The number of aliphatic carboxylic acids is 1. The predicted molar refractivity (Wildman–Crippen MR) is 97.7 cm³/mol. The summed E-state index contributed by atoms with van der Waals surface area (Å²) < 4.78 is 15.7. The zero-order chi connectivity index (χ0) is 19.6. The topological polar surface area (TPSA) is 94.1 Å². The summed E-state index contributed by atoms with van der Waals surface area (Å²) in [7, 11) is 4.36. The number of ether oxygens (including phenoxy) is 3. The number of carboxylic acids is 1. The van der Waals surface area contributed by atoms with Crippen LogP contribution in [0.3, 0.4) is 0 Å². The first-order valence-electron chi connectivity index (χ1n) is 8.37. The maximum atomic E-state index is 12.8. The van der Waals surface area contributed by atoms with Crippen molar-refractivity contribution in [3.8, 4) is 17.2 Å². The van der Waals surface area contributed by atoms with Gasteiger partial charge in [0, 0.05) is 11.5 Å². The van der Waals surface area contributed by atoms with Gasteiger partial charge in [-0.3, -0.25) is 4.79 Å². The highest BCUT2D eigenvalue weighted by atomic mass is 16.5. The van der Waals surface area contributed by atoms with E-state index in [0.29, 0.717) is 23.7 Å². The first-order valence-corrected chi connectivity index (χ1v) is 8.37. The summed E-state index contributed by atoms with van der Waals surface area (Å²) in [5, 5.41) is 12.4. The monoisotopic (exact) mass is 371 g/mol. The van der Waals surface area contributed by atoms with Gasteiger partial charge in [-0.1, -0.05) is 30.3 Å². The van der Waals surface area contributed by atoms with E-state index < -0.39 is 17.4 Å². The van der Waals surface area contributed by atoms with Gasteiger partial charge in [-0.25, -0.2) is 4.79 Å². The number of carbonyl (C=O) groups excluding carboxylic acids is 1. The maximum Gasteiger partial charge on any atom is 0.330 e. The Morgan fingerprint density at radius 1 is 1.04 bits per heavy atom. The second kappa shape index (κ2) is 7.19. The molecule has 1 amide bonds. The van der Waals surface area contributed by atoms with Gasteiger partial charge in [-0.15, -0.1) is 0 Å². The standard InChI is InChI=1S/C20H21NO6/c1-25-15-9-13(10-16(26-2)17(15)27-3)18(22)21-20(19(23)24)11-14(20)12-7-5-4-6-8-12/h4-10,14H,11H2,1-3H3,(H,21,22)(H,23,24). The molecule has 0 bridgehead atoms. The van der Waals surface area contributed by atoms with E-state index >= 15 is 0 Å². The molecular formula is C20H21NO6. The van der Waals surface area contributed by atoms with Crippen LogP contribution in [0.1, 0.15) is 28.3 Å². The van der Waals surface area contributed by atoms with Crippen LogP contribution in [0.4, 0.5) is 0 Å². The number of nitrogens with one attached hydrogen (secondary N) is 1. The van der Waals surface area contributed by atoms with Crippen molar-refractivity contribution in [2.24, 2.45) is 0 Å². The Hall–Kier alpha value is -3.22. The molecule has 142 valence electrons. The van der Waals surface area contributed by atoms with E-state index in [9.17, 15) is 14.7 Å². The van der Waals surface area contributed by atoms with E-state index in [4.69, 9.17) is 14.2 Å². The molecule has 1 aliphatic carbocycles. The molecule has 1 fully saturated rings. The van der Waals surface area contributed by atoms with Crippen LogP contribution >= 0.6 is 0 Å². The van der Waals surface area contributed by atoms with Crippen molar-refractivity contribution in [3.05, 3.63) is 53.6 Å². The third-order valence-electron chi connectivity index (χ3n) is 4.81. The number of hydrogen-bond acceptors (Lipinski definition) is 5. The third-order valence-corrected chi connectivity index (χ3v) is 4.81. The lowest BCUT2D eigenvalue weighted by molar-refractivity contribution is -0.140. The van der Waals surface area contributed by atoms with Crippen LogP contribution in [-0.2, 0) is 4.79 Å². The molecule has 0 aliphatic heterocycles. The summed E-state index contributed by atoms with van der Waals surface area (Å²) in [5.41, 5.74) is -0.215. The van der Waals surface area contributed by atoms with Gasteiger partial charge in [0.2, 0.25) is 5.75 Å². The van der Waals surface area contributed by atoms with Crippen LogP contribution in [-0.4, -0.2) is 43.9 Å². The van der Waals surface area contributed by atoms with E-state index in [1.807, 2.05) is 30.3 Å². The molecule has 7 heteroatoms. The SMILES string of the molecule is COc1cc(C(=O)NC2(C(=O)O)CC2c2ccccc2)cc(OC)c1OC. The van der Waals surface area contributed by atoms with E-state index in [1.165, 1.54) is 33.5 Å². The minimum absolute atomic E-state index is 0.226. The summed E-state index contributed by atoms with van der Waals surface area (Å²) in [6, 6.07) is 12.3. The highest BCUT2D eigenvalue weighted by Crippen LogP contribution is 2.52. The van der Waals surface area contributed by atoms with E-state index in [0.717, 1.165) is 5.56 Å². The summed E-state index contributed by atoms with van der Waals surface area (Å²) in [4.78, 5) is 24.7. The molecule has 2 atom stereocenters. The summed E-state index contributed by atoms with van der Waals surface area (Å²) in [6.45, 7) is 0. The maximum absolute atomic E-state index is 12.8. The van der Waals surface area contributed by atoms with Gasteiger partial charge in [0.25, 0.3) is 5.91 Å². The highest BCUT2D eigenvalue weighted by molar-refractivity contribution is 6.00. The summed E-state index contributed by atoms with van der Waals surface area (Å²) >= 11 is 0. The number of amides is 1. The van der Waals surface area contributed by atoms with E-state index in [1.54, 1.807) is 0 Å². The van der Waals surface area contributed by atoms with Crippen molar-refractivity contribution >= 4 is 11.9 Å². The van der Waals surface area contributed by atoms with Crippen LogP contribution in [0.2, 0.25) is 0 Å². The van der Waals surface area contributed by atoms with Crippen molar-refractivity contribution in [1.29, 1.82) is 0 Å². The molecule has 0 aromatic heterocycles. The van der Waals surface area contributed by atoms with E-state index in [-0.39, 0.29) is 11.5 Å². The van der Waals surface area contributed by atoms with Crippen molar-refractivity contribution in [3.63, 3.8) is 0 Å². The van der Waals surface area contributed by atoms with Crippen molar-refractivity contribution in [2.75, 3.05) is 21.3 Å². The fourth-order valence-electron chi connectivity index (χ4n) is 3.27. The number of carbonyl (C=O) groups is 2. The Balaban J connectivity index is 1.89. The second-order valence-electron chi connectivity index (χ2n) is 6.31. The molecule has 27 heavy (non-hydrogen) atoms. The number of rotatable bonds is 7.